The molecule has 0 radical (unpaired) electrons. The van der Waals surface area contributed by atoms with Gasteiger partial charge in [0, 0.05) is 17.1 Å². The van der Waals surface area contributed by atoms with E-state index < -0.39 is 12.0 Å². The molecule has 0 amide bonds. The van der Waals surface area contributed by atoms with Crippen LogP contribution in [0.25, 0.3) is 11.8 Å². The highest BCUT2D eigenvalue weighted by Gasteiger charge is 2.27. The van der Waals surface area contributed by atoms with Crippen molar-refractivity contribution in [2.45, 2.75) is 6.04 Å². The van der Waals surface area contributed by atoms with E-state index in [1.807, 2.05) is 48.7 Å². The van der Waals surface area contributed by atoms with Crippen molar-refractivity contribution >= 4 is 17.7 Å². The molecule has 1 aromatic rings. The quantitative estimate of drug-likeness (QED) is 0.753. The Balaban J connectivity index is 2.28. The second kappa shape index (κ2) is 3.63. The lowest BCUT2D eigenvalue weighted by Gasteiger charge is -2.20. The molecule has 2 aliphatic heterocycles. The number of aliphatic carboxylic acids is 1. The third-order valence-corrected chi connectivity index (χ3v) is 3.03. The summed E-state index contributed by atoms with van der Waals surface area (Å²) < 4.78 is 0. The van der Waals surface area contributed by atoms with E-state index in [4.69, 9.17) is 5.11 Å². The van der Waals surface area contributed by atoms with Gasteiger partial charge < -0.3 is 10.0 Å². The summed E-state index contributed by atoms with van der Waals surface area (Å²) >= 11 is 0. The molecule has 3 heteroatoms. The van der Waals surface area contributed by atoms with Crippen LogP contribution >= 0.6 is 0 Å². The van der Waals surface area contributed by atoms with E-state index >= 15 is 0 Å². The Kier molecular flexibility index (Phi) is 2.11. The number of carboxylic acids is 1. The average Bonchev–Trinajstić information content (AvgIpc) is 2.66. The third kappa shape index (κ3) is 1.47. The standard InChI is InChI=1S/C14H11NO2/c16-14(17)13-8-7-12-11-6-2-1-4-10(11)5-3-9-15(12)13/h1-9,13H,(H,16,17)/t13-/m1/s1. The fourth-order valence-electron chi connectivity index (χ4n) is 2.23. The molecule has 1 aromatic carbocycles. The van der Waals surface area contributed by atoms with Crippen LogP contribution in [0.15, 0.2) is 48.7 Å². The van der Waals surface area contributed by atoms with Crippen molar-refractivity contribution in [1.29, 1.82) is 0 Å². The van der Waals surface area contributed by atoms with Crippen LogP contribution in [0.3, 0.4) is 0 Å². The van der Waals surface area contributed by atoms with Crippen molar-refractivity contribution in [2.24, 2.45) is 0 Å². The maximum absolute atomic E-state index is 11.1. The molecular formula is C14H11NO2. The Hall–Kier alpha value is -2.29. The lowest BCUT2D eigenvalue weighted by atomic mass is 10.2. The van der Waals surface area contributed by atoms with Gasteiger partial charge in [0.05, 0.1) is 0 Å². The first-order valence-electron chi connectivity index (χ1n) is 5.44. The van der Waals surface area contributed by atoms with Gasteiger partial charge in [-0.15, -0.1) is 0 Å². The molecule has 0 fully saturated rings. The minimum atomic E-state index is -0.833. The first-order chi connectivity index (χ1) is 8.27. The zero-order valence-corrected chi connectivity index (χ0v) is 9.08. The zero-order chi connectivity index (χ0) is 11.8. The zero-order valence-electron chi connectivity index (χ0n) is 9.08. The molecule has 0 aromatic heterocycles. The lowest BCUT2D eigenvalue weighted by molar-refractivity contribution is -0.139. The average molecular weight is 225 g/mol. The summed E-state index contributed by atoms with van der Waals surface area (Å²) in [7, 11) is 0. The second-order valence-electron chi connectivity index (χ2n) is 4.03. The highest BCUT2D eigenvalue weighted by atomic mass is 16.4. The maximum atomic E-state index is 11.1. The number of benzene rings is 1. The molecule has 0 unspecified atom stereocenters. The van der Waals surface area contributed by atoms with Crippen LogP contribution in [0.2, 0.25) is 0 Å². The van der Waals surface area contributed by atoms with Crippen LogP contribution in [0.5, 0.6) is 0 Å². The van der Waals surface area contributed by atoms with Crippen LogP contribution in [-0.4, -0.2) is 22.0 Å². The maximum Gasteiger partial charge on any atom is 0.330 e. The van der Waals surface area contributed by atoms with Crippen molar-refractivity contribution in [1.82, 2.24) is 4.90 Å². The first kappa shape index (κ1) is 9.90. The van der Waals surface area contributed by atoms with Gasteiger partial charge in [-0.05, 0) is 23.4 Å². The van der Waals surface area contributed by atoms with Crippen LogP contribution in [0.1, 0.15) is 0 Å². The third-order valence-electron chi connectivity index (χ3n) is 3.03. The van der Waals surface area contributed by atoms with Crippen molar-refractivity contribution < 1.29 is 9.90 Å². The molecule has 0 bridgehead atoms. The van der Waals surface area contributed by atoms with Gasteiger partial charge in [-0.2, -0.15) is 0 Å². The summed E-state index contributed by atoms with van der Waals surface area (Å²) in [5, 5.41) is 11.3. The minimum Gasteiger partial charge on any atom is -0.479 e. The van der Waals surface area contributed by atoms with Crippen molar-refractivity contribution in [3.8, 4) is 0 Å². The number of carbonyl (C=O) groups is 1. The summed E-state index contributed by atoms with van der Waals surface area (Å²) in [6, 6.07) is 7.38. The molecule has 3 rings (SSSR count). The highest BCUT2D eigenvalue weighted by Crippen LogP contribution is 2.21. The number of rotatable bonds is 1. The summed E-state index contributed by atoms with van der Waals surface area (Å²) in [5.74, 6) is -0.833. The first-order valence-corrected chi connectivity index (χ1v) is 5.44. The van der Waals surface area contributed by atoms with Gasteiger partial charge in [0.2, 0.25) is 0 Å². The molecule has 17 heavy (non-hydrogen) atoms. The van der Waals surface area contributed by atoms with Crippen LogP contribution in [0.4, 0.5) is 0 Å². The largest absolute Gasteiger partial charge is 0.479 e. The van der Waals surface area contributed by atoms with Gasteiger partial charge in [-0.25, -0.2) is 4.79 Å². The van der Waals surface area contributed by atoms with Gasteiger partial charge >= 0.3 is 5.97 Å². The Bertz CT molecular complexity index is 655. The number of hydrogen-bond acceptors (Lipinski definition) is 2. The van der Waals surface area contributed by atoms with Crippen molar-refractivity contribution in [2.75, 3.05) is 0 Å². The number of hydrogen-bond donors (Lipinski definition) is 1. The van der Waals surface area contributed by atoms with Gasteiger partial charge in [-0.3, -0.25) is 0 Å². The minimum absolute atomic E-state index is 0.596. The number of fused-ring (bicyclic) bond motifs is 2. The Morgan fingerprint density at radius 3 is 2.94 bits per heavy atom. The molecule has 1 atom stereocenters. The van der Waals surface area contributed by atoms with Crippen molar-refractivity contribution in [3.05, 3.63) is 59.1 Å². The predicted molar refractivity (Wildman–Crippen MR) is 65.1 cm³/mol. The highest BCUT2D eigenvalue weighted by molar-refractivity contribution is 5.82. The van der Waals surface area contributed by atoms with E-state index in [-0.39, 0.29) is 0 Å². The number of carboxylic acid groups (broad SMARTS) is 1. The van der Waals surface area contributed by atoms with Crippen LogP contribution in [0, 0.1) is 0 Å². The molecule has 0 saturated carbocycles. The van der Waals surface area contributed by atoms with E-state index in [1.165, 1.54) is 0 Å². The summed E-state index contributed by atoms with van der Waals surface area (Å²) in [6.07, 6.45) is 9.28. The van der Waals surface area contributed by atoms with Crippen LogP contribution < -0.4 is 10.4 Å². The summed E-state index contributed by atoms with van der Waals surface area (Å²) in [4.78, 5) is 12.9. The van der Waals surface area contributed by atoms with Crippen LogP contribution in [-0.2, 0) is 4.79 Å². The Labute approximate surface area is 98.3 Å². The molecule has 3 nitrogen and oxygen atoms in total. The van der Waals surface area contributed by atoms with E-state index in [2.05, 4.69) is 0 Å². The van der Waals surface area contributed by atoms with E-state index in [0.29, 0.717) is 0 Å². The molecule has 0 aliphatic carbocycles. The van der Waals surface area contributed by atoms with E-state index in [0.717, 1.165) is 16.1 Å². The smallest absolute Gasteiger partial charge is 0.330 e. The molecule has 0 spiro atoms. The monoisotopic (exact) mass is 225 g/mol. The molecule has 84 valence electrons. The van der Waals surface area contributed by atoms with Crippen molar-refractivity contribution in [3.63, 3.8) is 0 Å². The lowest BCUT2D eigenvalue weighted by Crippen LogP contribution is -2.35. The SMILES string of the molecule is O=C(O)[C@H]1C=CC2=c3ccccc3=CC=CN21. The normalized spacial score (nSPS) is 20.6. The van der Waals surface area contributed by atoms with Gasteiger partial charge in [0.15, 0.2) is 0 Å². The topological polar surface area (TPSA) is 40.5 Å². The Morgan fingerprint density at radius 1 is 1.29 bits per heavy atom. The summed E-state index contributed by atoms with van der Waals surface area (Å²) in [5.41, 5.74) is 0.943. The molecule has 2 heterocycles. The molecular weight excluding hydrogens is 214 g/mol. The Morgan fingerprint density at radius 2 is 2.12 bits per heavy atom. The van der Waals surface area contributed by atoms with Gasteiger partial charge in [0.25, 0.3) is 0 Å². The summed E-state index contributed by atoms with van der Waals surface area (Å²) in [6.45, 7) is 0. The predicted octanol–water partition coefficient (Wildman–Crippen LogP) is 0.428. The van der Waals surface area contributed by atoms with E-state index in [1.54, 1.807) is 11.0 Å². The fourth-order valence-corrected chi connectivity index (χ4v) is 2.23. The molecule has 1 N–H and O–H groups in total. The number of nitrogens with zero attached hydrogens (tertiary/aromatic N) is 1. The fraction of sp³-hybridized carbons (Fsp3) is 0.0714. The second-order valence-corrected chi connectivity index (χ2v) is 4.03. The van der Waals surface area contributed by atoms with E-state index in [9.17, 15) is 4.79 Å². The van der Waals surface area contributed by atoms with Gasteiger partial charge in [-0.1, -0.05) is 30.3 Å². The molecule has 0 saturated heterocycles. The van der Waals surface area contributed by atoms with Gasteiger partial charge in [0.1, 0.15) is 6.04 Å². The number of allylic oxidation sites excluding steroid dienone is 1. The molecule has 2 aliphatic rings.